The molecule has 0 fully saturated rings. The number of rotatable bonds is 3. The molecular formula is C8H9ClO3. The van der Waals surface area contributed by atoms with Gasteiger partial charge in [-0.3, -0.25) is 0 Å². The van der Waals surface area contributed by atoms with E-state index in [9.17, 15) is 4.79 Å². The summed E-state index contributed by atoms with van der Waals surface area (Å²) in [5, 5.41) is 8.25. The van der Waals surface area contributed by atoms with Crippen LogP contribution in [0.5, 0.6) is 5.75 Å². The van der Waals surface area contributed by atoms with E-state index in [1.54, 1.807) is 24.3 Å². The van der Waals surface area contributed by atoms with Gasteiger partial charge in [-0.1, -0.05) is 18.2 Å². The first-order chi connectivity index (χ1) is 5.29. The lowest BCUT2D eigenvalue weighted by Gasteiger charge is -2.00. The lowest BCUT2D eigenvalue weighted by Crippen LogP contribution is -2.09. The molecule has 1 N–H and O–H groups in total. The highest BCUT2D eigenvalue weighted by atomic mass is 35.5. The Hall–Kier alpha value is -1.22. The Balaban J connectivity index is 0.00000121. The second kappa shape index (κ2) is 5.43. The summed E-state index contributed by atoms with van der Waals surface area (Å²) < 4.78 is 4.87. The average Bonchev–Trinajstić information content (AvgIpc) is 2.03. The fraction of sp³-hybridized carbons (Fsp3) is 0.125. The second-order valence-corrected chi connectivity index (χ2v) is 2.00. The molecule has 0 saturated carbocycles. The Morgan fingerprint density at radius 1 is 1.33 bits per heavy atom. The van der Waals surface area contributed by atoms with E-state index in [-0.39, 0.29) is 19.0 Å². The molecule has 0 atom stereocenters. The van der Waals surface area contributed by atoms with Gasteiger partial charge in [0.15, 0.2) is 6.61 Å². The number of ether oxygens (including phenoxy) is 1. The molecule has 1 aromatic carbocycles. The van der Waals surface area contributed by atoms with E-state index in [4.69, 9.17) is 9.84 Å². The fourth-order valence-corrected chi connectivity index (χ4v) is 0.662. The molecule has 0 unspecified atom stereocenters. The van der Waals surface area contributed by atoms with Gasteiger partial charge in [0.1, 0.15) is 5.75 Å². The zero-order chi connectivity index (χ0) is 8.10. The van der Waals surface area contributed by atoms with Crippen molar-refractivity contribution in [2.45, 2.75) is 0 Å². The van der Waals surface area contributed by atoms with Crippen molar-refractivity contribution < 1.29 is 14.6 Å². The number of benzene rings is 1. The van der Waals surface area contributed by atoms with Crippen LogP contribution in [0.25, 0.3) is 0 Å². The minimum atomic E-state index is -0.964. The summed E-state index contributed by atoms with van der Waals surface area (Å²) >= 11 is 0. The summed E-state index contributed by atoms with van der Waals surface area (Å²) in [6.07, 6.45) is 0. The van der Waals surface area contributed by atoms with Crippen LogP contribution >= 0.6 is 12.4 Å². The van der Waals surface area contributed by atoms with Gasteiger partial charge >= 0.3 is 5.97 Å². The van der Waals surface area contributed by atoms with Crippen LogP contribution < -0.4 is 4.74 Å². The molecule has 1 aromatic rings. The number of carboxylic acid groups (broad SMARTS) is 1. The second-order valence-electron chi connectivity index (χ2n) is 2.00. The Morgan fingerprint density at radius 2 is 1.92 bits per heavy atom. The van der Waals surface area contributed by atoms with Crippen LogP contribution in [0, 0.1) is 0 Å². The number of hydrogen-bond donors (Lipinski definition) is 1. The smallest absolute Gasteiger partial charge is 0.341 e. The SMILES string of the molecule is Cl.O=C(O)COc1ccccc1. The molecule has 1 rings (SSSR count). The van der Waals surface area contributed by atoms with E-state index < -0.39 is 5.97 Å². The molecule has 0 heterocycles. The lowest BCUT2D eigenvalue weighted by atomic mass is 10.3. The quantitative estimate of drug-likeness (QED) is 0.783. The molecule has 66 valence electrons. The Labute approximate surface area is 76.4 Å². The van der Waals surface area contributed by atoms with Crippen molar-refractivity contribution in [1.82, 2.24) is 0 Å². The Bertz CT molecular complexity index is 235. The van der Waals surface area contributed by atoms with Crippen molar-refractivity contribution in [3.8, 4) is 5.75 Å². The first-order valence-electron chi connectivity index (χ1n) is 3.18. The van der Waals surface area contributed by atoms with Crippen molar-refractivity contribution in [1.29, 1.82) is 0 Å². The monoisotopic (exact) mass is 188 g/mol. The maximum absolute atomic E-state index is 10.0. The normalized spacial score (nSPS) is 8.33. The maximum Gasteiger partial charge on any atom is 0.341 e. The Morgan fingerprint density at radius 3 is 2.42 bits per heavy atom. The van der Waals surface area contributed by atoms with Gasteiger partial charge in [0, 0.05) is 0 Å². The van der Waals surface area contributed by atoms with Crippen LogP contribution in [0.3, 0.4) is 0 Å². The highest BCUT2D eigenvalue weighted by Crippen LogP contribution is 2.07. The van der Waals surface area contributed by atoms with E-state index in [2.05, 4.69) is 0 Å². The summed E-state index contributed by atoms with van der Waals surface area (Å²) in [5.74, 6) is -0.385. The zero-order valence-corrected chi connectivity index (χ0v) is 7.08. The first-order valence-corrected chi connectivity index (χ1v) is 3.18. The zero-order valence-electron chi connectivity index (χ0n) is 6.27. The molecule has 0 amide bonds. The minimum Gasteiger partial charge on any atom is -0.482 e. The molecule has 0 saturated heterocycles. The number of carbonyl (C=O) groups is 1. The van der Waals surface area contributed by atoms with Gasteiger partial charge < -0.3 is 9.84 Å². The van der Waals surface area contributed by atoms with Crippen molar-refractivity contribution in [3.63, 3.8) is 0 Å². The third kappa shape index (κ3) is 3.83. The summed E-state index contributed by atoms with van der Waals surface area (Å²) in [6, 6.07) is 8.84. The summed E-state index contributed by atoms with van der Waals surface area (Å²) in [4.78, 5) is 10.0. The van der Waals surface area contributed by atoms with Crippen LogP contribution in [0.4, 0.5) is 0 Å². The third-order valence-electron chi connectivity index (χ3n) is 1.11. The number of halogens is 1. The van der Waals surface area contributed by atoms with Crippen LogP contribution in [-0.2, 0) is 4.79 Å². The number of para-hydroxylation sites is 1. The minimum absolute atomic E-state index is 0. The van der Waals surface area contributed by atoms with Crippen molar-refractivity contribution >= 4 is 18.4 Å². The van der Waals surface area contributed by atoms with Crippen LogP contribution in [0.2, 0.25) is 0 Å². The summed E-state index contributed by atoms with van der Waals surface area (Å²) in [5.41, 5.74) is 0. The van der Waals surface area contributed by atoms with Gasteiger partial charge in [-0.25, -0.2) is 4.79 Å². The molecule has 0 aliphatic rings. The molecule has 0 aliphatic carbocycles. The fourth-order valence-electron chi connectivity index (χ4n) is 0.662. The molecule has 0 aliphatic heterocycles. The standard InChI is InChI=1S/C8H8O3.ClH/c9-8(10)6-11-7-4-2-1-3-5-7;/h1-5H,6H2,(H,9,10);1H. The van der Waals surface area contributed by atoms with E-state index in [0.717, 1.165) is 0 Å². The molecule has 12 heavy (non-hydrogen) atoms. The summed E-state index contributed by atoms with van der Waals surface area (Å²) in [7, 11) is 0. The maximum atomic E-state index is 10.0. The van der Waals surface area contributed by atoms with Crippen LogP contribution in [0.15, 0.2) is 30.3 Å². The number of aliphatic carboxylic acids is 1. The first kappa shape index (κ1) is 10.8. The lowest BCUT2D eigenvalue weighted by molar-refractivity contribution is -0.139. The van der Waals surface area contributed by atoms with Crippen molar-refractivity contribution in [2.24, 2.45) is 0 Å². The Kier molecular flexibility index (Phi) is 4.88. The largest absolute Gasteiger partial charge is 0.482 e. The molecule has 4 heteroatoms. The number of hydrogen-bond acceptors (Lipinski definition) is 2. The van der Waals surface area contributed by atoms with Gasteiger partial charge in [-0.2, -0.15) is 0 Å². The van der Waals surface area contributed by atoms with Crippen molar-refractivity contribution in [3.05, 3.63) is 30.3 Å². The van der Waals surface area contributed by atoms with E-state index >= 15 is 0 Å². The van der Waals surface area contributed by atoms with Crippen LogP contribution in [-0.4, -0.2) is 17.7 Å². The topological polar surface area (TPSA) is 46.5 Å². The predicted octanol–water partition coefficient (Wildman–Crippen LogP) is 1.57. The number of carboxylic acids is 1. The van der Waals surface area contributed by atoms with Gasteiger partial charge in [-0.15, -0.1) is 12.4 Å². The predicted molar refractivity (Wildman–Crippen MR) is 46.8 cm³/mol. The molecule has 0 aromatic heterocycles. The molecule has 0 bridgehead atoms. The molecule has 0 radical (unpaired) electrons. The van der Waals surface area contributed by atoms with E-state index in [1.165, 1.54) is 0 Å². The van der Waals surface area contributed by atoms with E-state index in [1.807, 2.05) is 6.07 Å². The average molecular weight is 189 g/mol. The van der Waals surface area contributed by atoms with Crippen molar-refractivity contribution in [2.75, 3.05) is 6.61 Å². The molecule has 0 spiro atoms. The third-order valence-corrected chi connectivity index (χ3v) is 1.11. The van der Waals surface area contributed by atoms with Crippen LogP contribution in [0.1, 0.15) is 0 Å². The summed E-state index contributed by atoms with van der Waals surface area (Å²) in [6.45, 7) is -0.288. The van der Waals surface area contributed by atoms with Gasteiger partial charge in [0.05, 0.1) is 0 Å². The van der Waals surface area contributed by atoms with E-state index in [0.29, 0.717) is 5.75 Å². The molecule has 3 nitrogen and oxygen atoms in total. The molecular weight excluding hydrogens is 180 g/mol. The highest BCUT2D eigenvalue weighted by molar-refractivity contribution is 5.85. The van der Waals surface area contributed by atoms with Gasteiger partial charge in [0.25, 0.3) is 0 Å². The van der Waals surface area contributed by atoms with Gasteiger partial charge in [0.2, 0.25) is 0 Å². The van der Waals surface area contributed by atoms with Gasteiger partial charge in [-0.05, 0) is 12.1 Å². The highest BCUT2D eigenvalue weighted by Gasteiger charge is 1.96.